The number of piperazine rings is 1. The van der Waals surface area contributed by atoms with E-state index in [4.69, 9.17) is 4.74 Å². The number of carbonyl (C=O) groups is 1. The molecule has 28 heavy (non-hydrogen) atoms. The number of rotatable bonds is 5. The fourth-order valence-corrected chi connectivity index (χ4v) is 3.18. The van der Waals surface area contributed by atoms with E-state index in [9.17, 15) is 9.18 Å². The summed E-state index contributed by atoms with van der Waals surface area (Å²) in [4.78, 5) is 25.9. The fraction of sp³-hybridized carbons (Fsp3) is 0.476. The highest BCUT2D eigenvalue weighted by atomic mass is 19.1. The van der Waals surface area contributed by atoms with Gasteiger partial charge in [-0.05, 0) is 38.1 Å². The molecule has 1 saturated heterocycles. The van der Waals surface area contributed by atoms with Crippen LogP contribution in [0.3, 0.4) is 0 Å². The largest absolute Gasteiger partial charge is 0.481 e. The quantitative estimate of drug-likeness (QED) is 0.790. The number of nitrogens with zero attached hydrogens (tertiary/aromatic N) is 4. The summed E-state index contributed by atoms with van der Waals surface area (Å²) >= 11 is 0. The van der Waals surface area contributed by atoms with Crippen molar-refractivity contribution in [1.82, 2.24) is 14.9 Å². The molecule has 0 N–H and O–H groups in total. The summed E-state index contributed by atoms with van der Waals surface area (Å²) in [6.45, 7) is 10.5. The standard InChI is InChI=1S/C21H27FN4O2/c1-14(2)20-23-15(3)13-19(24-20)25-9-11-26(12-10-25)21(27)16(4)28-18-7-5-17(22)6-8-18/h5-8,13-14,16H,9-12H2,1-4H3. The third kappa shape index (κ3) is 4.77. The normalized spacial score (nSPS) is 15.6. The maximum Gasteiger partial charge on any atom is 0.263 e. The number of halogens is 1. The van der Waals surface area contributed by atoms with Crippen molar-refractivity contribution in [3.05, 3.63) is 47.7 Å². The Morgan fingerprint density at radius 1 is 1.07 bits per heavy atom. The van der Waals surface area contributed by atoms with E-state index in [0.717, 1.165) is 17.3 Å². The van der Waals surface area contributed by atoms with Gasteiger partial charge in [-0.1, -0.05) is 13.8 Å². The number of hydrogen-bond donors (Lipinski definition) is 0. The molecule has 1 amide bonds. The van der Waals surface area contributed by atoms with E-state index in [1.807, 2.05) is 17.9 Å². The Bertz CT molecular complexity index is 818. The van der Waals surface area contributed by atoms with Gasteiger partial charge in [0.2, 0.25) is 0 Å². The molecule has 1 fully saturated rings. The van der Waals surface area contributed by atoms with E-state index < -0.39 is 6.10 Å². The fourth-order valence-electron chi connectivity index (χ4n) is 3.18. The molecular weight excluding hydrogens is 359 g/mol. The van der Waals surface area contributed by atoms with Crippen LogP contribution < -0.4 is 9.64 Å². The first-order chi connectivity index (χ1) is 13.3. The summed E-state index contributed by atoms with van der Waals surface area (Å²) in [7, 11) is 0. The smallest absolute Gasteiger partial charge is 0.263 e. The minimum atomic E-state index is -0.620. The second-order valence-corrected chi connectivity index (χ2v) is 7.41. The summed E-state index contributed by atoms with van der Waals surface area (Å²) in [6.07, 6.45) is -0.620. The third-order valence-electron chi connectivity index (χ3n) is 4.76. The lowest BCUT2D eigenvalue weighted by Crippen LogP contribution is -2.52. The van der Waals surface area contributed by atoms with Gasteiger partial charge in [0.05, 0.1) is 0 Å². The summed E-state index contributed by atoms with van der Waals surface area (Å²) in [6, 6.07) is 7.69. The van der Waals surface area contributed by atoms with E-state index in [0.29, 0.717) is 31.9 Å². The van der Waals surface area contributed by atoms with Gasteiger partial charge in [-0.2, -0.15) is 0 Å². The maximum atomic E-state index is 13.0. The molecule has 0 bridgehead atoms. The van der Waals surface area contributed by atoms with Gasteiger partial charge in [0.1, 0.15) is 23.2 Å². The van der Waals surface area contributed by atoms with Gasteiger partial charge in [0, 0.05) is 43.9 Å². The van der Waals surface area contributed by atoms with Crippen LogP contribution in [0.25, 0.3) is 0 Å². The maximum absolute atomic E-state index is 13.0. The minimum Gasteiger partial charge on any atom is -0.481 e. The van der Waals surface area contributed by atoms with Crippen molar-refractivity contribution in [3.8, 4) is 5.75 Å². The number of amides is 1. The molecule has 3 rings (SSSR count). The average molecular weight is 386 g/mol. The Morgan fingerprint density at radius 2 is 1.71 bits per heavy atom. The zero-order chi connectivity index (χ0) is 20.3. The lowest BCUT2D eigenvalue weighted by Gasteiger charge is -2.36. The Labute approximate surface area is 165 Å². The Hall–Kier alpha value is -2.70. The van der Waals surface area contributed by atoms with Crippen LogP contribution in [0, 0.1) is 12.7 Å². The second-order valence-electron chi connectivity index (χ2n) is 7.41. The summed E-state index contributed by atoms with van der Waals surface area (Å²) < 4.78 is 18.7. The van der Waals surface area contributed by atoms with Crippen LogP contribution in [0.4, 0.5) is 10.2 Å². The molecule has 1 aromatic heterocycles. The van der Waals surface area contributed by atoms with Gasteiger partial charge in [-0.15, -0.1) is 0 Å². The third-order valence-corrected chi connectivity index (χ3v) is 4.76. The van der Waals surface area contributed by atoms with Gasteiger partial charge in [0.15, 0.2) is 6.10 Å². The lowest BCUT2D eigenvalue weighted by atomic mass is 10.2. The number of ether oxygens (including phenoxy) is 1. The number of carbonyl (C=O) groups excluding carboxylic acids is 1. The van der Waals surface area contributed by atoms with Crippen molar-refractivity contribution in [1.29, 1.82) is 0 Å². The van der Waals surface area contributed by atoms with Crippen LogP contribution in [-0.4, -0.2) is 53.1 Å². The molecule has 7 heteroatoms. The molecule has 0 saturated carbocycles. The van der Waals surface area contributed by atoms with Crippen molar-refractivity contribution < 1.29 is 13.9 Å². The van der Waals surface area contributed by atoms with Crippen LogP contribution in [0.2, 0.25) is 0 Å². The SMILES string of the molecule is Cc1cc(N2CCN(C(=O)C(C)Oc3ccc(F)cc3)CC2)nc(C(C)C)n1. The topological polar surface area (TPSA) is 58.6 Å². The molecule has 1 aliphatic rings. The lowest BCUT2D eigenvalue weighted by molar-refractivity contribution is -0.138. The van der Waals surface area contributed by atoms with Gasteiger partial charge >= 0.3 is 0 Å². The van der Waals surface area contributed by atoms with E-state index in [2.05, 4.69) is 28.7 Å². The van der Waals surface area contributed by atoms with Crippen LogP contribution in [0.1, 0.15) is 38.2 Å². The minimum absolute atomic E-state index is 0.0642. The molecule has 0 spiro atoms. The van der Waals surface area contributed by atoms with Gasteiger partial charge < -0.3 is 14.5 Å². The van der Waals surface area contributed by atoms with Crippen LogP contribution in [-0.2, 0) is 4.79 Å². The number of benzene rings is 1. The predicted molar refractivity (Wildman–Crippen MR) is 106 cm³/mol. The summed E-state index contributed by atoms with van der Waals surface area (Å²) in [5.74, 6) is 2.12. The Kier molecular flexibility index (Phi) is 6.11. The highest BCUT2D eigenvalue weighted by molar-refractivity contribution is 5.81. The highest BCUT2D eigenvalue weighted by Gasteiger charge is 2.27. The first-order valence-electron chi connectivity index (χ1n) is 9.65. The van der Waals surface area contributed by atoms with Crippen LogP contribution >= 0.6 is 0 Å². The summed E-state index contributed by atoms with van der Waals surface area (Å²) in [5, 5.41) is 0. The van der Waals surface area contributed by atoms with Crippen LogP contribution in [0.15, 0.2) is 30.3 Å². The van der Waals surface area contributed by atoms with Crippen molar-refractivity contribution in [3.63, 3.8) is 0 Å². The molecular formula is C21H27FN4O2. The molecule has 1 aromatic carbocycles. The van der Waals surface area contributed by atoms with Crippen molar-refractivity contribution in [2.24, 2.45) is 0 Å². The monoisotopic (exact) mass is 386 g/mol. The number of anilines is 1. The van der Waals surface area contributed by atoms with Crippen molar-refractivity contribution in [2.75, 3.05) is 31.1 Å². The van der Waals surface area contributed by atoms with E-state index in [1.165, 1.54) is 24.3 Å². The molecule has 0 radical (unpaired) electrons. The van der Waals surface area contributed by atoms with Crippen molar-refractivity contribution in [2.45, 2.75) is 39.7 Å². The van der Waals surface area contributed by atoms with E-state index >= 15 is 0 Å². The second kappa shape index (κ2) is 8.54. The molecule has 2 heterocycles. The number of hydrogen-bond acceptors (Lipinski definition) is 5. The van der Waals surface area contributed by atoms with E-state index in [-0.39, 0.29) is 17.6 Å². The van der Waals surface area contributed by atoms with Gasteiger partial charge in [-0.25, -0.2) is 14.4 Å². The van der Waals surface area contributed by atoms with Crippen LogP contribution in [0.5, 0.6) is 5.75 Å². The molecule has 1 aliphatic heterocycles. The molecule has 1 atom stereocenters. The zero-order valence-corrected chi connectivity index (χ0v) is 16.9. The predicted octanol–water partition coefficient (Wildman–Crippen LogP) is 3.16. The average Bonchev–Trinajstić information content (AvgIpc) is 2.68. The van der Waals surface area contributed by atoms with Gasteiger partial charge in [0.25, 0.3) is 5.91 Å². The first-order valence-corrected chi connectivity index (χ1v) is 9.65. The summed E-state index contributed by atoms with van der Waals surface area (Å²) in [5.41, 5.74) is 0.952. The molecule has 6 nitrogen and oxygen atoms in total. The molecule has 1 unspecified atom stereocenters. The zero-order valence-electron chi connectivity index (χ0n) is 16.9. The molecule has 0 aliphatic carbocycles. The first kappa shape index (κ1) is 20.0. The van der Waals surface area contributed by atoms with E-state index in [1.54, 1.807) is 6.92 Å². The number of aryl methyl sites for hydroxylation is 1. The Balaban J connectivity index is 1.58. The molecule has 150 valence electrons. The number of aromatic nitrogens is 2. The van der Waals surface area contributed by atoms with Crippen molar-refractivity contribution >= 4 is 11.7 Å². The van der Waals surface area contributed by atoms with Gasteiger partial charge in [-0.3, -0.25) is 4.79 Å². The molecule has 2 aromatic rings. The Morgan fingerprint density at radius 3 is 2.32 bits per heavy atom. The highest BCUT2D eigenvalue weighted by Crippen LogP contribution is 2.20.